The van der Waals surface area contributed by atoms with Crippen LogP contribution >= 0.6 is 0 Å². The third kappa shape index (κ3) is 3.00. The van der Waals surface area contributed by atoms with Crippen LogP contribution < -0.4 is 15.0 Å². The number of benzene rings is 4. The molecule has 4 heteroatoms. The van der Waals surface area contributed by atoms with Crippen molar-refractivity contribution >= 4 is 16.6 Å². The normalized spacial score (nSPS) is 14.4. The van der Waals surface area contributed by atoms with Crippen LogP contribution in [0.5, 0.6) is 11.6 Å². The van der Waals surface area contributed by atoms with Crippen molar-refractivity contribution in [2.45, 2.75) is 12.5 Å². The number of ether oxygens (including phenoxy) is 1. The van der Waals surface area contributed by atoms with Crippen molar-refractivity contribution in [3.63, 3.8) is 0 Å². The third-order valence-electron chi connectivity index (χ3n) is 6.17. The van der Waals surface area contributed by atoms with E-state index in [1.54, 1.807) is 6.33 Å². The minimum atomic E-state index is -0.0724. The van der Waals surface area contributed by atoms with Gasteiger partial charge in [-0.1, -0.05) is 96.0 Å². The summed E-state index contributed by atoms with van der Waals surface area (Å²) in [5.74, 6) is 2.00. The van der Waals surface area contributed by atoms with Crippen molar-refractivity contribution in [3.05, 3.63) is 126 Å². The highest BCUT2D eigenvalue weighted by Crippen LogP contribution is 2.50. The van der Waals surface area contributed by atoms with E-state index in [9.17, 15) is 0 Å². The van der Waals surface area contributed by atoms with E-state index in [-0.39, 0.29) is 5.92 Å². The second-order valence-corrected chi connectivity index (χ2v) is 8.11. The molecule has 0 unspecified atom stereocenters. The van der Waals surface area contributed by atoms with E-state index in [1.807, 2.05) is 34.9 Å². The Morgan fingerprint density at radius 1 is 0.781 bits per heavy atom. The van der Waals surface area contributed by atoms with Crippen LogP contribution in [0.25, 0.3) is 10.8 Å². The molecule has 1 aliphatic heterocycles. The maximum Gasteiger partial charge on any atom is 0.306 e. The summed E-state index contributed by atoms with van der Waals surface area (Å²) in [7, 11) is 0. The lowest BCUT2D eigenvalue weighted by Gasteiger charge is -2.28. The number of nitrogens with two attached hydrogens (primary N) is 1. The van der Waals surface area contributed by atoms with Gasteiger partial charge in [-0.3, -0.25) is 0 Å². The Morgan fingerprint density at radius 3 is 2.31 bits per heavy atom. The lowest BCUT2D eigenvalue weighted by Crippen LogP contribution is -2.40. The highest BCUT2D eigenvalue weighted by molar-refractivity contribution is 5.90. The average Bonchev–Trinajstić information content (AvgIpc) is 2.85. The fourth-order valence-electron chi connectivity index (χ4n) is 4.67. The molecular weight excluding hydrogens is 394 g/mol. The minimum absolute atomic E-state index is 0.0724. The first kappa shape index (κ1) is 18.6. The molecule has 154 valence electrons. The van der Waals surface area contributed by atoms with E-state index in [0.717, 1.165) is 16.9 Å². The quantitative estimate of drug-likeness (QED) is 0.391. The lowest BCUT2D eigenvalue weighted by atomic mass is 9.81. The summed E-state index contributed by atoms with van der Waals surface area (Å²) >= 11 is 0. The number of anilines is 1. The van der Waals surface area contributed by atoms with Gasteiger partial charge in [-0.05, 0) is 28.0 Å². The van der Waals surface area contributed by atoms with Gasteiger partial charge in [0.2, 0.25) is 12.1 Å². The van der Waals surface area contributed by atoms with Crippen molar-refractivity contribution < 1.29 is 9.30 Å². The molecule has 4 nitrogen and oxygen atoms in total. The smallest absolute Gasteiger partial charge is 0.306 e. The summed E-state index contributed by atoms with van der Waals surface area (Å²) in [4.78, 5) is 4.69. The second-order valence-electron chi connectivity index (χ2n) is 8.11. The summed E-state index contributed by atoms with van der Waals surface area (Å²) in [6.45, 7) is 0.650. The minimum Gasteiger partial charge on any atom is -0.426 e. The van der Waals surface area contributed by atoms with Gasteiger partial charge in [0.15, 0.2) is 0 Å². The SMILES string of the molecule is Nc1c2c(nc[n+]1Cc1ccccc1)Oc1ccc3ccccc3c1[C@H]2c1ccccc1. The molecule has 32 heavy (non-hydrogen) atoms. The zero-order valence-electron chi connectivity index (χ0n) is 17.5. The monoisotopic (exact) mass is 416 g/mol. The lowest BCUT2D eigenvalue weighted by molar-refractivity contribution is -0.677. The number of fused-ring (bicyclic) bond motifs is 4. The van der Waals surface area contributed by atoms with Crippen molar-refractivity contribution in [2.75, 3.05) is 5.73 Å². The van der Waals surface area contributed by atoms with E-state index in [1.165, 1.54) is 21.9 Å². The molecular formula is C28H22N3O+. The molecule has 0 fully saturated rings. The molecule has 0 spiro atoms. The molecule has 1 aromatic heterocycles. The Balaban J connectivity index is 1.60. The Kier molecular flexibility index (Phi) is 4.36. The Hall–Kier alpha value is -4.18. The fourth-order valence-corrected chi connectivity index (χ4v) is 4.67. The molecule has 6 rings (SSSR count). The summed E-state index contributed by atoms with van der Waals surface area (Å²) < 4.78 is 8.32. The summed E-state index contributed by atoms with van der Waals surface area (Å²) in [6.07, 6.45) is 1.77. The molecule has 0 aliphatic carbocycles. The van der Waals surface area contributed by atoms with Crippen molar-refractivity contribution in [3.8, 4) is 11.6 Å². The van der Waals surface area contributed by atoms with Gasteiger partial charge >= 0.3 is 5.88 Å². The zero-order chi connectivity index (χ0) is 21.5. The first-order valence-electron chi connectivity index (χ1n) is 10.8. The van der Waals surface area contributed by atoms with E-state index in [2.05, 4.69) is 66.7 Å². The zero-order valence-corrected chi connectivity index (χ0v) is 17.5. The van der Waals surface area contributed by atoms with Crippen LogP contribution in [0, 0.1) is 0 Å². The van der Waals surface area contributed by atoms with Crippen LogP contribution in [0.4, 0.5) is 5.82 Å². The van der Waals surface area contributed by atoms with Gasteiger partial charge in [-0.25, -0.2) is 4.57 Å². The predicted molar refractivity (Wildman–Crippen MR) is 126 cm³/mol. The number of hydrogen-bond donors (Lipinski definition) is 1. The highest BCUT2D eigenvalue weighted by Gasteiger charge is 2.37. The van der Waals surface area contributed by atoms with Crippen molar-refractivity contribution in [2.24, 2.45) is 0 Å². The average molecular weight is 417 g/mol. The maximum absolute atomic E-state index is 6.82. The first-order valence-corrected chi connectivity index (χ1v) is 10.8. The summed E-state index contributed by atoms with van der Waals surface area (Å²) in [5.41, 5.74) is 11.2. The molecule has 4 aromatic carbocycles. The predicted octanol–water partition coefficient (Wildman–Crippen LogP) is 5.44. The van der Waals surface area contributed by atoms with Crippen LogP contribution in [-0.4, -0.2) is 4.98 Å². The first-order chi connectivity index (χ1) is 15.8. The van der Waals surface area contributed by atoms with E-state index in [0.29, 0.717) is 18.2 Å². The van der Waals surface area contributed by atoms with Gasteiger partial charge in [-0.2, -0.15) is 0 Å². The molecule has 0 amide bonds. The van der Waals surface area contributed by atoms with Gasteiger partial charge in [0.05, 0.1) is 12.5 Å². The Morgan fingerprint density at radius 2 is 1.50 bits per heavy atom. The van der Waals surface area contributed by atoms with Gasteiger partial charge in [0.25, 0.3) is 0 Å². The maximum atomic E-state index is 6.82. The van der Waals surface area contributed by atoms with E-state index >= 15 is 0 Å². The number of hydrogen-bond acceptors (Lipinski definition) is 3. The van der Waals surface area contributed by atoms with Crippen molar-refractivity contribution in [1.82, 2.24) is 4.98 Å². The van der Waals surface area contributed by atoms with Crippen LogP contribution in [0.1, 0.15) is 28.2 Å². The number of nitrogen functional groups attached to an aromatic ring is 1. The summed E-state index contributed by atoms with van der Waals surface area (Å²) in [6, 6.07) is 33.3. The number of aromatic nitrogens is 2. The van der Waals surface area contributed by atoms with Crippen LogP contribution in [-0.2, 0) is 6.54 Å². The largest absolute Gasteiger partial charge is 0.426 e. The Bertz CT molecular complexity index is 1430. The van der Waals surface area contributed by atoms with Gasteiger partial charge in [0, 0.05) is 5.56 Å². The molecule has 5 aromatic rings. The number of nitrogens with zero attached hydrogens (tertiary/aromatic N) is 2. The summed E-state index contributed by atoms with van der Waals surface area (Å²) in [5, 5.41) is 2.35. The van der Waals surface area contributed by atoms with Crippen LogP contribution in [0.15, 0.2) is 103 Å². The molecule has 2 N–H and O–H groups in total. The van der Waals surface area contributed by atoms with Crippen LogP contribution in [0.2, 0.25) is 0 Å². The molecule has 1 aliphatic rings. The van der Waals surface area contributed by atoms with Gasteiger partial charge < -0.3 is 10.5 Å². The van der Waals surface area contributed by atoms with Gasteiger partial charge in [0.1, 0.15) is 11.3 Å². The number of rotatable bonds is 3. The molecule has 2 heterocycles. The Labute approximate surface area is 186 Å². The van der Waals surface area contributed by atoms with Crippen molar-refractivity contribution in [1.29, 1.82) is 0 Å². The van der Waals surface area contributed by atoms with Gasteiger partial charge in [-0.15, -0.1) is 0 Å². The molecule has 0 saturated heterocycles. The highest BCUT2D eigenvalue weighted by atomic mass is 16.5. The van der Waals surface area contributed by atoms with E-state index < -0.39 is 0 Å². The van der Waals surface area contributed by atoms with E-state index in [4.69, 9.17) is 15.5 Å². The second kappa shape index (κ2) is 7.50. The third-order valence-corrected chi connectivity index (χ3v) is 6.17. The molecule has 0 bridgehead atoms. The fraction of sp³-hybridized carbons (Fsp3) is 0.0714. The molecule has 1 atom stereocenters. The molecule has 0 saturated carbocycles. The van der Waals surface area contributed by atoms with Crippen LogP contribution in [0.3, 0.4) is 0 Å². The topological polar surface area (TPSA) is 52.0 Å². The standard InChI is InChI=1S/C28H21N3O/c29-27-26-24(21-12-5-2-6-13-21)25-22-14-8-7-11-20(22)15-16-23(25)32-28(26)30-18-31(27)17-19-9-3-1-4-10-19/h1-16,18,24,29H,17H2/p+1/t24-/m1/s1. The molecule has 0 radical (unpaired) electrons.